The van der Waals surface area contributed by atoms with Crippen molar-refractivity contribution in [1.29, 1.82) is 0 Å². The quantitative estimate of drug-likeness (QED) is 0.786. The van der Waals surface area contributed by atoms with Gasteiger partial charge in [-0.05, 0) is 42.7 Å². The predicted molar refractivity (Wildman–Crippen MR) is 92.6 cm³/mol. The third kappa shape index (κ3) is 4.91. The summed E-state index contributed by atoms with van der Waals surface area (Å²) >= 11 is 0. The van der Waals surface area contributed by atoms with Crippen molar-refractivity contribution in [2.45, 2.75) is 44.7 Å². The normalized spacial score (nSPS) is 14.8. The van der Waals surface area contributed by atoms with Gasteiger partial charge in [0.15, 0.2) is 5.82 Å². The van der Waals surface area contributed by atoms with Crippen molar-refractivity contribution in [2.24, 2.45) is 0 Å². The maximum absolute atomic E-state index is 12.0. The Hall–Kier alpha value is -2.70. The average Bonchev–Trinajstić information content (AvgIpc) is 2.63. The molecule has 0 bridgehead atoms. The summed E-state index contributed by atoms with van der Waals surface area (Å²) in [6.07, 6.45) is 9.24. The molecule has 3 rings (SSSR count). The lowest BCUT2D eigenvalue weighted by atomic mass is 9.96. The Morgan fingerprint density at radius 2 is 1.71 bits per heavy atom. The van der Waals surface area contributed by atoms with Crippen molar-refractivity contribution < 1.29 is 4.79 Å². The van der Waals surface area contributed by atoms with Crippen LogP contribution in [0.3, 0.4) is 0 Å². The molecule has 3 N–H and O–H groups in total. The molecule has 0 radical (unpaired) electrons. The minimum Gasteiger partial charge on any atom is -0.365 e. The van der Waals surface area contributed by atoms with E-state index in [0.717, 1.165) is 18.4 Å². The number of hydrogen-bond acceptors (Lipinski definition) is 5. The molecule has 1 aliphatic rings. The molecule has 0 aromatic carbocycles. The molecule has 0 saturated heterocycles. The number of aromatic nitrogens is 3. The number of hydrogen-bond donors (Lipinski definition) is 3. The fourth-order valence-corrected chi connectivity index (χ4v) is 2.77. The van der Waals surface area contributed by atoms with Gasteiger partial charge in [-0.3, -0.25) is 10.3 Å². The Labute approximate surface area is 141 Å². The molecule has 7 heteroatoms. The van der Waals surface area contributed by atoms with Crippen molar-refractivity contribution in [2.75, 3.05) is 10.6 Å². The second-order valence-electron chi connectivity index (χ2n) is 5.95. The van der Waals surface area contributed by atoms with Crippen LogP contribution in [-0.4, -0.2) is 27.3 Å². The van der Waals surface area contributed by atoms with Gasteiger partial charge < -0.3 is 10.6 Å². The zero-order chi connectivity index (χ0) is 16.6. The number of urea groups is 1. The fraction of sp³-hybridized carbons (Fsp3) is 0.412. The van der Waals surface area contributed by atoms with Crippen LogP contribution >= 0.6 is 0 Å². The SMILES string of the molecule is O=C(Nc1ccc(NCc2ccncc2)nn1)NC1CCCCC1. The average molecular weight is 326 g/mol. The minimum atomic E-state index is -0.214. The number of nitrogens with one attached hydrogen (secondary N) is 3. The highest BCUT2D eigenvalue weighted by Crippen LogP contribution is 2.17. The molecular weight excluding hydrogens is 304 g/mol. The van der Waals surface area contributed by atoms with Crippen molar-refractivity contribution in [1.82, 2.24) is 20.5 Å². The highest BCUT2D eigenvalue weighted by atomic mass is 16.2. The van der Waals surface area contributed by atoms with Crippen LogP contribution < -0.4 is 16.0 Å². The van der Waals surface area contributed by atoms with E-state index in [1.165, 1.54) is 19.3 Å². The lowest BCUT2D eigenvalue weighted by molar-refractivity contribution is 0.244. The van der Waals surface area contributed by atoms with Crippen molar-refractivity contribution in [3.05, 3.63) is 42.2 Å². The van der Waals surface area contributed by atoms with E-state index in [9.17, 15) is 4.79 Å². The van der Waals surface area contributed by atoms with Crippen LogP contribution in [0, 0.1) is 0 Å². The van der Waals surface area contributed by atoms with Crippen LogP contribution in [0.5, 0.6) is 0 Å². The van der Waals surface area contributed by atoms with Gasteiger partial charge in [0, 0.05) is 25.0 Å². The van der Waals surface area contributed by atoms with Gasteiger partial charge in [0.2, 0.25) is 0 Å². The monoisotopic (exact) mass is 326 g/mol. The summed E-state index contributed by atoms with van der Waals surface area (Å²) in [5.41, 5.74) is 1.11. The zero-order valence-corrected chi connectivity index (χ0v) is 13.5. The van der Waals surface area contributed by atoms with E-state index in [4.69, 9.17) is 0 Å². The summed E-state index contributed by atoms with van der Waals surface area (Å²) in [5, 5.41) is 17.0. The van der Waals surface area contributed by atoms with E-state index >= 15 is 0 Å². The first-order valence-corrected chi connectivity index (χ1v) is 8.33. The molecule has 2 amide bonds. The third-order valence-electron chi connectivity index (χ3n) is 4.07. The molecular formula is C17H22N6O. The number of pyridine rings is 1. The van der Waals surface area contributed by atoms with E-state index in [1.807, 2.05) is 12.1 Å². The van der Waals surface area contributed by atoms with Crippen molar-refractivity contribution in [3.8, 4) is 0 Å². The smallest absolute Gasteiger partial charge is 0.320 e. The van der Waals surface area contributed by atoms with Gasteiger partial charge in [0.05, 0.1) is 0 Å². The van der Waals surface area contributed by atoms with Gasteiger partial charge in [0.25, 0.3) is 0 Å². The zero-order valence-electron chi connectivity index (χ0n) is 13.5. The summed E-state index contributed by atoms with van der Waals surface area (Å²) in [7, 11) is 0. The Morgan fingerprint density at radius 1 is 1.00 bits per heavy atom. The summed E-state index contributed by atoms with van der Waals surface area (Å²) in [4.78, 5) is 15.9. The van der Waals surface area contributed by atoms with Gasteiger partial charge >= 0.3 is 6.03 Å². The summed E-state index contributed by atoms with van der Waals surface area (Å²) in [6, 6.07) is 7.46. The molecule has 0 spiro atoms. The lowest BCUT2D eigenvalue weighted by Gasteiger charge is -2.22. The molecule has 0 aliphatic heterocycles. The van der Waals surface area contributed by atoms with Crippen LogP contribution in [0.25, 0.3) is 0 Å². The molecule has 0 unspecified atom stereocenters. The lowest BCUT2D eigenvalue weighted by Crippen LogP contribution is -2.39. The van der Waals surface area contributed by atoms with E-state index < -0.39 is 0 Å². The van der Waals surface area contributed by atoms with Crippen molar-refractivity contribution in [3.63, 3.8) is 0 Å². The molecule has 1 aliphatic carbocycles. The number of carbonyl (C=O) groups excluding carboxylic acids is 1. The standard InChI is InChI=1S/C17H22N6O/c24-17(20-14-4-2-1-3-5-14)21-16-7-6-15(22-23-16)19-12-13-8-10-18-11-9-13/h6-11,14H,1-5,12H2,(H,19,22)(H2,20,21,23,24). The largest absolute Gasteiger partial charge is 0.365 e. The molecule has 2 aromatic rings. The van der Waals surface area contributed by atoms with Gasteiger partial charge in [-0.1, -0.05) is 19.3 Å². The van der Waals surface area contributed by atoms with Gasteiger partial charge in [0.1, 0.15) is 5.82 Å². The highest BCUT2D eigenvalue weighted by Gasteiger charge is 2.15. The van der Waals surface area contributed by atoms with Crippen LogP contribution in [0.1, 0.15) is 37.7 Å². The van der Waals surface area contributed by atoms with Crippen LogP contribution in [-0.2, 0) is 6.54 Å². The van der Waals surface area contributed by atoms with Crippen LogP contribution in [0.2, 0.25) is 0 Å². The van der Waals surface area contributed by atoms with Crippen LogP contribution in [0.4, 0.5) is 16.4 Å². The molecule has 24 heavy (non-hydrogen) atoms. The van der Waals surface area contributed by atoms with E-state index in [2.05, 4.69) is 31.1 Å². The summed E-state index contributed by atoms with van der Waals surface area (Å²) in [6.45, 7) is 0.645. The molecule has 2 heterocycles. The first kappa shape index (κ1) is 16.2. The van der Waals surface area contributed by atoms with Crippen molar-refractivity contribution >= 4 is 17.7 Å². The highest BCUT2D eigenvalue weighted by molar-refractivity contribution is 5.88. The number of carbonyl (C=O) groups is 1. The molecule has 1 fully saturated rings. The van der Waals surface area contributed by atoms with Gasteiger partial charge in [-0.25, -0.2) is 4.79 Å². The Morgan fingerprint density at radius 3 is 2.42 bits per heavy atom. The maximum Gasteiger partial charge on any atom is 0.320 e. The van der Waals surface area contributed by atoms with E-state index in [0.29, 0.717) is 18.2 Å². The van der Waals surface area contributed by atoms with E-state index in [-0.39, 0.29) is 12.1 Å². The Balaban J connectivity index is 1.46. The second kappa shape index (κ2) is 8.24. The topological polar surface area (TPSA) is 91.8 Å². The predicted octanol–water partition coefficient (Wildman–Crippen LogP) is 2.94. The van der Waals surface area contributed by atoms with E-state index in [1.54, 1.807) is 24.5 Å². The van der Waals surface area contributed by atoms with Gasteiger partial charge in [-0.15, -0.1) is 10.2 Å². The first-order chi connectivity index (χ1) is 11.8. The Kier molecular flexibility index (Phi) is 5.55. The maximum atomic E-state index is 12.0. The summed E-state index contributed by atoms with van der Waals surface area (Å²) < 4.78 is 0. The summed E-state index contributed by atoms with van der Waals surface area (Å²) in [5.74, 6) is 1.10. The fourth-order valence-electron chi connectivity index (χ4n) is 2.77. The number of amides is 2. The second-order valence-corrected chi connectivity index (χ2v) is 5.95. The minimum absolute atomic E-state index is 0.214. The molecule has 2 aromatic heterocycles. The van der Waals surface area contributed by atoms with Gasteiger partial charge in [-0.2, -0.15) is 0 Å². The molecule has 7 nitrogen and oxygen atoms in total. The Bertz CT molecular complexity index is 640. The molecule has 0 atom stereocenters. The molecule has 1 saturated carbocycles. The molecule has 126 valence electrons. The number of rotatable bonds is 5. The first-order valence-electron chi connectivity index (χ1n) is 8.33. The van der Waals surface area contributed by atoms with Crippen LogP contribution in [0.15, 0.2) is 36.7 Å². The number of nitrogens with zero attached hydrogens (tertiary/aromatic N) is 3. The number of anilines is 2. The third-order valence-corrected chi connectivity index (χ3v) is 4.07.